The van der Waals surface area contributed by atoms with Crippen LogP contribution in [0.5, 0.6) is 0 Å². The maximum Gasteiger partial charge on any atom is 0.289 e. The SMILES string of the molecule is O=[N+]([O-])c1cc(S(=O)(=O)Nc2ccccc2I)ccc1Cl. The second-order valence-electron chi connectivity index (χ2n) is 3.96. The molecule has 0 aliphatic rings. The number of nitrogens with zero attached hydrogens (tertiary/aromatic N) is 1. The normalized spacial score (nSPS) is 11.1. The standard InChI is InChI=1S/C12H8ClIN2O4S/c13-9-6-5-8(7-12(9)16(17)18)21(19,20)15-11-4-2-1-3-10(11)14/h1-7,15H. The molecular weight excluding hydrogens is 431 g/mol. The topological polar surface area (TPSA) is 89.3 Å². The Bertz CT molecular complexity index is 811. The Kier molecular flexibility index (Phi) is 4.69. The Morgan fingerprint density at radius 1 is 1.19 bits per heavy atom. The fraction of sp³-hybridized carbons (Fsp3) is 0. The molecule has 0 saturated heterocycles. The van der Waals surface area contributed by atoms with Gasteiger partial charge in [-0.2, -0.15) is 0 Å². The van der Waals surface area contributed by atoms with Crippen molar-refractivity contribution in [3.05, 3.63) is 61.2 Å². The zero-order chi connectivity index (χ0) is 15.6. The van der Waals surface area contributed by atoms with Crippen molar-refractivity contribution in [2.45, 2.75) is 4.90 Å². The van der Waals surface area contributed by atoms with Gasteiger partial charge in [-0.1, -0.05) is 23.7 Å². The van der Waals surface area contributed by atoms with Crippen molar-refractivity contribution in [1.82, 2.24) is 0 Å². The predicted molar refractivity (Wildman–Crippen MR) is 88.1 cm³/mol. The van der Waals surface area contributed by atoms with Crippen LogP contribution in [0.1, 0.15) is 0 Å². The molecule has 0 heterocycles. The quantitative estimate of drug-likeness (QED) is 0.448. The molecule has 0 fully saturated rings. The van der Waals surface area contributed by atoms with E-state index in [0.29, 0.717) is 9.26 Å². The molecule has 2 aromatic rings. The van der Waals surface area contributed by atoms with E-state index >= 15 is 0 Å². The molecule has 0 saturated carbocycles. The summed E-state index contributed by atoms with van der Waals surface area (Å²) in [6.45, 7) is 0. The lowest BCUT2D eigenvalue weighted by Crippen LogP contribution is -2.14. The minimum atomic E-state index is -3.93. The third-order valence-corrected chi connectivity index (χ3v) is 5.17. The third kappa shape index (κ3) is 3.63. The lowest BCUT2D eigenvalue weighted by molar-refractivity contribution is -0.384. The van der Waals surface area contributed by atoms with E-state index in [0.717, 1.165) is 6.07 Å². The van der Waals surface area contributed by atoms with E-state index < -0.39 is 20.6 Å². The van der Waals surface area contributed by atoms with Crippen molar-refractivity contribution in [2.24, 2.45) is 0 Å². The van der Waals surface area contributed by atoms with Gasteiger partial charge in [-0.15, -0.1) is 0 Å². The van der Waals surface area contributed by atoms with Gasteiger partial charge in [0.25, 0.3) is 15.7 Å². The molecule has 9 heteroatoms. The van der Waals surface area contributed by atoms with E-state index in [1.807, 2.05) is 22.6 Å². The van der Waals surface area contributed by atoms with Gasteiger partial charge in [-0.3, -0.25) is 14.8 Å². The van der Waals surface area contributed by atoms with Crippen LogP contribution < -0.4 is 4.72 Å². The number of anilines is 1. The van der Waals surface area contributed by atoms with Crippen molar-refractivity contribution in [3.8, 4) is 0 Å². The molecule has 2 aromatic carbocycles. The van der Waals surface area contributed by atoms with E-state index in [9.17, 15) is 18.5 Å². The first kappa shape index (κ1) is 16.0. The van der Waals surface area contributed by atoms with Crippen LogP contribution in [-0.2, 0) is 10.0 Å². The van der Waals surface area contributed by atoms with Crippen LogP contribution in [0.25, 0.3) is 0 Å². The Labute approximate surface area is 139 Å². The minimum Gasteiger partial charge on any atom is -0.279 e. The smallest absolute Gasteiger partial charge is 0.279 e. The fourth-order valence-electron chi connectivity index (χ4n) is 1.55. The summed E-state index contributed by atoms with van der Waals surface area (Å²) in [4.78, 5) is 9.87. The molecule has 110 valence electrons. The van der Waals surface area contributed by atoms with Crippen LogP contribution in [0, 0.1) is 13.7 Å². The summed E-state index contributed by atoms with van der Waals surface area (Å²) in [6, 6.07) is 10.1. The molecule has 0 radical (unpaired) electrons. The van der Waals surface area contributed by atoms with E-state index in [2.05, 4.69) is 4.72 Å². The van der Waals surface area contributed by atoms with Gasteiger partial charge < -0.3 is 0 Å². The molecule has 6 nitrogen and oxygen atoms in total. The van der Waals surface area contributed by atoms with Gasteiger partial charge in [0.2, 0.25) is 0 Å². The highest BCUT2D eigenvalue weighted by molar-refractivity contribution is 14.1. The average molecular weight is 439 g/mol. The molecule has 0 amide bonds. The van der Waals surface area contributed by atoms with Crippen LogP contribution >= 0.6 is 34.2 Å². The number of halogens is 2. The van der Waals surface area contributed by atoms with Crippen LogP contribution in [0.2, 0.25) is 5.02 Å². The fourth-order valence-corrected chi connectivity index (χ4v) is 3.54. The average Bonchev–Trinajstić information content (AvgIpc) is 2.41. The second kappa shape index (κ2) is 6.16. The van der Waals surface area contributed by atoms with Gasteiger partial charge in [-0.05, 0) is 46.9 Å². The molecule has 0 aliphatic heterocycles. The summed E-state index contributed by atoms with van der Waals surface area (Å²) < 4.78 is 27.6. The Balaban J connectivity index is 2.43. The van der Waals surface area contributed by atoms with Crippen molar-refractivity contribution in [2.75, 3.05) is 4.72 Å². The van der Waals surface area contributed by atoms with Crippen LogP contribution in [0.4, 0.5) is 11.4 Å². The van der Waals surface area contributed by atoms with E-state index in [4.69, 9.17) is 11.6 Å². The zero-order valence-corrected chi connectivity index (χ0v) is 14.0. The highest BCUT2D eigenvalue weighted by Gasteiger charge is 2.21. The molecule has 0 unspecified atom stereocenters. The Morgan fingerprint density at radius 2 is 1.86 bits per heavy atom. The van der Waals surface area contributed by atoms with Crippen LogP contribution in [0.15, 0.2) is 47.4 Å². The van der Waals surface area contributed by atoms with Crippen molar-refractivity contribution >= 4 is 55.6 Å². The number of hydrogen-bond donors (Lipinski definition) is 1. The van der Waals surface area contributed by atoms with Crippen molar-refractivity contribution < 1.29 is 13.3 Å². The molecule has 0 aliphatic carbocycles. The highest BCUT2D eigenvalue weighted by atomic mass is 127. The van der Waals surface area contributed by atoms with Crippen molar-refractivity contribution in [1.29, 1.82) is 0 Å². The maximum absolute atomic E-state index is 12.3. The number of sulfonamides is 1. The lowest BCUT2D eigenvalue weighted by atomic mass is 10.3. The van der Waals surface area contributed by atoms with Gasteiger partial charge >= 0.3 is 0 Å². The number of nitro benzene ring substituents is 1. The first-order chi connectivity index (χ1) is 9.81. The summed E-state index contributed by atoms with van der Waals surface area (Å²) in [5.41, 5.74) is -0.0574. The number of para-hydroxylation sites is 1. The van der Waals surface area contributed by atoms with E-state index in [-0.39, 0.29) is 9.92 Å². The molecule has 2 rings (SSSR count). The van der Waals surface area contributed by atoms with Gasteiger partial charge in [0.1, 0.15) is 5.02 Å². The third-order valence-electron chi connectivity index (χ3n) is 2.54. The molecule has 0 bridgehead atoms. The lowest BCUT2D eigenvalue weighted by Gasteiger charge is -2.09. The first-order valence-electron chi connectivity index (χ1n) is 5.52. The number of nitro groups is 1. The largest absolute Gasteiger partial charge is 0.289 e. The van der Waals surface area contributed by atoms with Crippen LogP contribution in [-0.4, -0.2) is 13.3 Å². The highest BCUT2D eigenvalue weighted by Crippen LogP contribution is 2.28. The first-order valence-corrected chi connectivity index (χ1v) is 8.46. The molecule has 0 spiro atoms. The predicted octanol–water partition coefficient (Wildman–Crippen LogP) is 3.65. The molecule has 0 aromatic heterocycles. The maximum atomic E-state index is 12.3. The number of benzene rings is 2. The van der Waals surface area contributed by atoms with Gasteiger partial charge in [0, 0.05) is 9.64 Å². The summed E-state index contributed by atoms with van der Waals surface area (Å²) in [5, 5.41) is 10.7. The number of rotatable bonds is 4. The summed E-state index contributed by atoms with van der Waals surface area (Å²) >= 11 is 7.65. The molecule has 21 heavy (non-hydrogen) atoms. The van der Waals surface area contributed by atoms with E-state index in [1.54, 1.807) is 24.3 Å². The molecule has 0 atom stereocenters. The van der Waals surface area contributed by atoms with Gasteiger partial charge in [0.15, 0.2) is 0 Å². The summed E-state index contributed by atoms with van der Waals surface area (Å²) in [7, 11) is -3.93. The summed E-state index contributed by atoms with van der Waals surface area (Å²) in [5.74, 6) is 0. The van der Waals surface area contributed by atoms with E-state index in [1.165, 1.54) is 12.1 Å². The minimum absolute atomic E-state index is 0.117. The van der Waals surface area contributed by atoms with Crippen molar-refractivity contribution in [3.63, 3.8) is 0 Å². The Hall–Kier alpha value is -1.39. The monoisotopic (exact) mass is 438 g/mol. The zero-order valence-electron chi connectivity index (χ0n) is 10.3. The molecule has 1 N–H and O–H groups in total. The van der Waals surface area contributed by atoms with Crippen LogP contribution in [0.3, 0.4) is 0 Å². The number of nitrogens with one attached hydrogen (secondary N) is 1. The second-order valence-corrected chi connectivity index (χ2v) is 7.21. The Morgan fingerprint density at radius 3 is 2.48 bits per heavy atom. The number of hydrogen-bond acceptors (Lipinski definition) is 4. The van der Waals surface area contributed by atoms with Gasteiger partial charge in [-0.25, -0.2) is 8.42 Å². The molecular formula is C12H8ClIN2O4S. The van der Waals surface area contributed by atoms with Gasteiger partial charge in [0.05, 0.1) is 15.5 Å². The summed E-state index contributed by atoms with van der Waals surface area (Å²) in [6.07, 6.45) is 0.